The molecule has 0 aromatic heterocycles. The molecule has 2 aromatic rings. The van der Waals surface area contributed by atoms with Crippen LogP contribution in [0.3, 0.4) is 0 Å². The molecule has 1 unspecified atom stereocenters. The van der Waals surface area contributed by atoms with E-state index in [1.54, 1.807) is 0 Å². The molecule has 6 heteroatoms. The van der Waals surface area contributed by atoms with Gasteiger partial charge in [0.1, 0.15) is 6.04 Å². The van der Waals surface area contributed by atoms with E-state index in [0.717, 1.165) is 11.1 Å². The van der Waals surface area contributed by atoms with Gasteiger partial charge in [0, 0.05) is 0 Å². The predicted octanol–water partition coefficient (Wildman–Crippen LogP) is 5.36. The van der Waals surface area contributed by atoms with Gasteiger partial charge in [0.25, 0.3) is 0 Å². The Bertz CT molecular complexity index is 973. The smallest absolute Gasteiger partial charge is 0.307 e. The van der Waals surface area contributed by atoms with Crippen molar-refractivity contribution in [2.75, 3.05) is 0 Å². The minimum absolute atomic E-state index is 0.106. The quantitative estimate of drug-likeness (QED) is 0.348. The van der Waals surface area contributed by atoms with Crippen LogP contribution in [0, 0.1) is 23.2 Å². The molecule has 0 saturated carbocycles. The van der Waals surface area contributed by atoms with Crippen LogP contribution in [0.1, 0.15) is 64.6 Å². The van der Waals surface area contributed by atoms with Crippen LogP contribution in [0.4, 0.5) is 0 Å². The molecular weight excluding hydrogens is 452 g/mol. The number of benzene rings is 2. The lowest BCUT2D eigenvalue weighted by Crippen LogP contribution is -2.56. The summed E-state index contributed by atoms with van der Waals surface area (Å²) < 4.78 is 0. The van der Waals surface area contributed by atoms with Crippen molar-refractivity contribution in [3.63, 3.8) is 0 Å². The summed E-state index contributed by atoms with van der Waals surface area (Å²) in [4.78, 5) is 39.2. The molecule has 0 heterocycles. The van der Waals surface area contributed by atoms with Crippen LogP contribution >= 0.6 is 0 Å². The molecule has 3 N–H and O–H groups in total. The normalized spacial score (nSPS) is 14.1. The summed E-state index contributed by atoms with van der Waals surface area (Å²) in [5.41, 5.74) is 1.23. The maximum absolute atomic E-state index is 13.7. The third-order valence-corrected chi connectivity index (χ3v) is 6.25. The van der Waals surface area contributed by atoms with Gasteiger partial charge >= 0.3 is 5.97 Å². The third-order valence-electron chi connectivity index (χ3n) is 6.25. The van der Waals surface area contributed by atoms with E-state index >= 15 is 0 Å². The molecule has 0 bridgehead atoms. The van der Waals surface area contributed by atoms with Gasteiger partial charge < -0.3 is 15.7 Å². The highest BCUT2D eigenvalue weighted by molar-refractivity contribution is 5.91. The fourth-order valence-electron chi connectivity index (χ4n) is 4.38. The van der Waals surface area contributed by atoms with Crippen molar-refractivity contribution in [1.82, 2.24) is 10.6 Å². The molecule has 36 heavy (non-hydrogen) atoms. The van der Waals surface area contributed by atoms with Crippen LogP contribution in [0.5, 0.6) is 0 Å². The zero-order chi connectivity index (χ0) is 26.9. The van der Waals surface area contributed by atoms with Gasteiger partial charge in [-0.2, -0.15) is 0 Å². The Morgan fingerprint density at radius 2 is 1.36 bits per heavy atom. The van der Waals surface area contributed by atoms with Gasteiger partial charge in [-0.05, 0) is 35.3 Å². The molecule has 194 valence electrons. The molecule has 2 rings (SSSR count). The number of amides is 2. The Hall–Kier alpha value is -3.41. The Morgan fingerprint density at radius 1 is 0.861 bits per heavy atom. The van der Waals surface area contributed by atoms with E-state index in [1.807, 2.05) is 95.3 Å². The highest BCUT2D eigenvalue weighted by Gasteiger charge is 2.39. The first-order valence-electron chi connectivity index (χ1n) is 12.5. The number of hydrogen-bond acceptors (Lipinski definition) is 3. The molecule has 0 spiro atoms. The molecule has 0 radical (unpaired) electrons. The van der Waals surface area contributed by atoms with Crippen LogP contribution < -0.4 is 10.6 Å². The summed E-state index contributed by atoms with van der Waals surface area (Å²) in [6, 6.07) is 18.1. The van der Waals surface area contributed by atoms with Gasteiger partial charge in [0.15, 0.2) is 0 Å². The van der Waals surface area contributed by atoms with Crippen molar-refractivity contribution in [3.8, 4) is 0 Å². The number of hydrogen-bond donors (Lipinski definition) is 3. The fraction of sp³-hybridized carbons (Fsp3) is 0.433. The summed E-state index contributed by atoms with van der Waals surface area (Å²) in [7, 11) is 0. The topological polar surface area (TPSA) is 95.5 Å². The molecule has 2 amide bonds. The Balaban J connectivity index is 2.37. The lowest BCUT2D eigenvalue weighted by molar-refractivity contribution is -0.148. The minimum atomic E-state index is -1.04. The summed E-state index contributed by atoms with van der Waals surface area (Å²) >= 11 is 0. The average molecular weight is 493 g/mol. The Labute approximate surface area is 215 Å². The number of nitrogens with one attached hydrogen (secondary N) is 2. The number of aliphatic carboxylic acids is 1. The SMILES string of the molecule is C=CC[C@H](C(=O)O)C(CC(C)C)C(=O)N[C@H](C(=O)NC(c1ccccc1)c1ccccc1)C(C)(C)C. The monoisotopic (exact) mass is 492 g/mol. The van der Waals surface area contributed by atoms with Crippen LogP contribution in [0.25, 0.3) is 0 Å². The van der Waals surface area contributed by atoms with E-state index in [9.17, 15) is 19.5 Å². The second-order valence-corrected chi connectivity index (χ2v) is 10.8. The molecule has 0 saturated heterocycles. The van der Waals surface area contributed by atoms with E-state index < -0.39 is 41.2 Å². The van der Waals surface area contributed by atoms with E-state index in [0.29, 0.717) is 6.42 Å². The van der Waals surface area contributed by atoms with Crippen molar-refractivity contribution < 1.29 is 19.5 Å². The van der Waals surface area contributed by atoms with Gasteiger partial charge in [-0.1, -0.05) is 101 Å². The maximum atomic E-state index is 13.7. The van der Waals surface area contributed by atoms with E-state index in [1.165, 1.54) is 6.08 Å². The van der Waals surface area contributed by atoms with Crippen molar-refractivity contribution in [1.29, 1.82) is 0 Å². The third kappa shape index (κ3) is 8.08. The molecule has 0 aliphatic heterocycles. The fourth-order valence-corrected chi connectivity index (χ4v) is 4.38. The van der Waals surface area contributed by atoms with Gasteiger partial charge in [-0.15, -0.1) is 6.58 Å². The predicted molar refractivity (Wildman–Crippen MR) is 143 cm³/mol. The van der Waals surface area contributed by atoms with Crippen LogP contribution in [-0.2, 0) is 14.4 Å². The van der Waals surface area contributed by atoms with Crippen LogP contribution in [0.2, 0.25) is 0 Å². The lowest BCUT2D eigenvalue weighted by atomic mass is 9.81. The van der Waals surface area contributed by atoms with Crippen molar-refractivity contribution in [2.24, 2.45) is 23.2 Å². The second kappa shape index (κ2) is 13.1. The molecular formula is C30H40N2O4. The summed E-state index contributed by atoms with van der Waals surface area (Å²) in [5.74, 6) is -3.38. The Kier molecular flexibility index (Phi) is 10.5. The highest BCUT2D eigenvalue weighted by Crippen LogP contribution is 2.28. The van der Waals surface area contributed by atoms with Gasteiger partial charge in [0.05, 0.1) is 17.9 Å². The summed E-state index contributed by atoms with van der Waals surface area (Å²) in [6.07, 6.45) is 2.10. The van der Waals surface area contributed by atoms with Crippen molar-refractivity contribution in [2.45, 2.75) is 59.5 Å². The molecule has 0 aliphatic rings. The molecule has 0 fully saturated rings. The second-order valence-electron chi connectivity index (χ2n) is 10.8. The zero-order valence-electron chi connectivity index (χ0n) is 22.0. The number of carboxylic acid groups (broad SMARTS) is 1. The van der Waals surface area contributed by atoms with Gasteiger partial charge in [0.2, 0.25) is 11.8 Å². The molecule has 0 aliphatic carbocycles. The first-order chi connectivity index (χ1) is 17.0. The summed E-state index contributed by atoms with van der Waals surface area (Å²) in [5, 5.41) is 15.9. The van der Waals surface area contributed by atoms with Crippen molar-refractivity contribution >= 4 is 17.8 Å². The standard InChI is InChI=1S/C30H40N2O4/c1-7-14-23(29(35)36)24(19-20(2)3)27(33)32-26(30(4,5)6)28(34)31-25(21-15-10-8-11-16-21)22-17-12-9-13-18-22/h7-13,15-18,20,23-26H,1,14,19H2,2-6H3,(H,31,34)(H,32,33)(H,35,36)/t23-,24?,26+/m0/s1. The average Bonchev–Trinajstić information content (AvgIpc) is 2.82. The van der Waals surface area contributed by atoms with E-state index in [-0.39, 0.29) is 18.2 Å². The van der Waals surface area contributed by atoms with Crippen molar-refractivity contribution in [3.05, 3.63) is 84.4 Å². The van der Waals surface area contributed by atoms with E-state index in [2.05, 4.69) is 17.2 Å². The lowest BCUT2D eigenvalue weighted by Gasteiger charge is -2.34. The number of allylic oxidation sites excluding steroid dienone is 1. The van der Waals surface area contributed by atoms with Gasteiger partial charge in [-0.25, -0.2) is 0 Å². The first kappa shape index (κ1) is 28.8. The van der Waals surface area contributed by atoms with Gasteiger partial charge in [-0.3, -0.25) is 14.4 Å². The maximum Gasteiger partial charge on any atom is 0.307 e. The minimum Gasteiger partial charge on any atom is -0.481 e. The zero-order valence-corrected chi connectivity index (χ0v) is 22.0. The number of carbonyl (C=O) groups is 3. The summed E-state index contributed by atoms with van der Waals surface area (Å²) in [6.45, 7) is 13.2. The highest BCUT2D eigenvalue weighted by atomic mass is 16.4. The molecule has 2 aromatic carbocycles. The molecule has 3 atom stereocenters. The molecule has 6 nitrogen and oxygen atoms in total. The Morgan fingerprint density at radius 3 is 1.75 bits per heavy atom. The van der Waals surface area contributed by atoms with Crippen LogP contribution in [-0.4, -0.2) is 28.9 Å². The first-order valence-corrected chi connectivity index (χ1v) is 12.5. The van der Waals surface area contributed by atoms with Crippen LogP contribution in [0.15, 0.2) is 73.3 Å². The largest absolute Gasteiger partial charge is 0.481 e. The number of rotatable bonds is 12. The van der Waals surface area contributed by atoms with E-state index in [4.69, 9.17) is 0 Å². The number of carboxylic acids is 1. The number of carbonyl (C=O) groups excluding carboxylic acids is 2.